The van der Waals surface area contributed by atoms with Crippen molar-refractivity contribution in [3.63, 3.8) is 0 Å². The van der Waals surface area contributed by atoms with Gasteiger partial charge in [0.1, 0.15) is 5.82 Å². The van der Waals surface area contributed by atoms with E-state index in [1.165, 1.54) is 36.4 Å². The molecule has 2 amide bonds. The highest BCUT2D eigenvalue weighted by Gasteiger charge is 2.18. The number of sulfone groups is 1. The predicted molar refractivity (Wildman–Crippen MR) is 109 cm³/mol. The number of benzene rings is 2. The number of anilines is 1. The number of amides is 2. The van der Waals surface area contributed by atoms with Crippen LogP contribution in [-0.2, 0) is 22.1 Å². The molecule has 0 atom stereocenters. The summed E-state index contributed by atoms with van der Waals surface area (Å²) >= 11 is 0. The Morgan fingerprint density at radius 3 is 2.52 bits per heavy atom. The maximum absolute atomic E-state index is 14.0. The summed E-state index contributed by atoms with van der Waals surface area (Å²) in [7, 11) is -3.72. The van der Waals surface area contributed by atoms with Crippen molar-refractivity contribution in [1.29, 1.82) is 0 Å². The van der Waals surface area contributed by atoms with Crippen molar-refractivity contribution in [1.82, 2.24) is 10.3 Å². The number of rotatable bonds is 6. The third-order valence-corrected chi connectivity index (χ3v) is 5.88. The number of aromatic nitrogens is 1. The minimum absolute atomic E-state index is 0.0544. The second-order valence-corrected chi connectivity index (χ2v) is 8.54. The smallest absolute Gasteiger partial charge is 0.319 e. The van der Waals surface area contributed by atoms with E-state index in [1.807, 2.05) is 6.07 Å². The van der Waals surface area contributed by atoms with E-state index in [9.17, 15) is 17.6 Å². The third-order valence-electron chi connectivity index (χ3n) is 4.20. The number of nitrogens with one attached hydrogen (secondary N) is 2. The van der Waals surface area contributed by atoms with E-state index >= 15 is 0 Å². The normalized spacial score (nSPS) is 11.1. The van der Waals surface area contributed by atoms with Crippen LogP contribution in [0.4, 0.5) is 14.9 Å². The maximum Gasteiger partial charge on any atom is 0.319 e. The van der Waals surface area contributed by atoms with Crippen molar-refractivity contribution < 1.29 is 17.6 Å². The van der Waals surface area contributed by atoms with E-state index in [-0.39, 0.29) is 10.5 Å². The highest BCUT2D eigenvalue weighted by molar-refractivity contribution is 7.90. The monoisotopic (exact) mass is 413 g/mol. The molecule has 1 heterocycles. The molecule has 3 aromatic rings. The Labute approximate surface area is 168 Å². The third kappa shape index (κ3) is 5.61. The first-order valence-electron chi connectivity index (χ1n) is 8.85. The number of carbonyl (C=O) groups is 1. The van der Waals surface area contributed by atoms with Crippen molar-refractivity contribution in [2.24, 2.45) is 0 Å². The van der Waals surface area contributed by atoms with Gasteiger partial charge < -0.3 is 10.6 Å². The molecule has 29 heavy (non-hydrogen) atoms. The van der Waals surface area contributed by atoms with Gasteiger partial charge in [0.15, 0.2) is 9.84 Å². The van der Waals surface area contributed by atoms with Gasteiger partial charge in [-0.25, -0.2) is 17.6 Å². The molecule has 0 spiro atoms. The van der Waals surface area contributed by atoms with Gasteiger partial charge in [-0.3, -0.25) is 4.98 Å². The van der Waals surface area contributed by atoms with Crippen LogP contribution in [0.1, 0.15) is 16.7 Å². The van der Waals surface area contributed by atoms with Crippen LogP contribution in [0.2, 0.25) is 0 Å². The molecular formula is C21H20FN3O3S. The molecule has 2 N–H and O–H groups in total. The van der Waals surface area contributed by atoms with Crippen LogP contribution < -0.4 is 10.6 Å². The van der Waals surface area contributed by atoms with Crippen molar-refractivity contribution >= 4 is 21.6 Å². The van der Waals surface area contributed by atoms with E-state index in [2.05, 4.69) is 15.6 Å². The molecule has 3 rings (SSSR count). The molecule has 2 aromatic carbocycles. The Morgan fingerprint density at radius 1 is 1.10 bits per heavy atom. The predicted octanol–water partition coefficient (Wildman–Crippen LogP) is 3.82. The van der Waals surface area contributed by atoms with Crippen LogP contribution in [0, 0.1) is 12.7 Å². The standard InChI is InChI=1S/C21H20FN3O3S/c1-15-4-5-17(20(22)11-15)14-29(27,28)19-8-6-18(7-9-19)25-21(26)24-13-16-3-2-10-23-12-16/h2-12H,13-14H2,1H3,(H2,24,25,26). The fourth-order valence-corrected chi connectivity index (χ4v) is 4.02. The van der Waals surface area contributed by atoms with Gasteiger partial charge in [-0.05, 0) is 54.4 Å². The zero-order valence-electron chi connectivity index (χ0n) is 15.7. The van der Waals surface area contributed by atoms with Gasteiger partial charge in [-0.15, -0.1) is 0 Å². The number of pyridine rings is 1. The topological polar surface area (TPSA) is 88.2 Å². The van der Waals surface area contributed by atoms with E-state index in [0.29, 0.717) is 12.2 Å². The Balaban J connectivity index is 1.62. The van der Waals surface area contributed by atoms with Gasteiger partial charge in [0.25, 0.3) is 0 Å². The quantitative estimate of drug-likeness (QED) is 0.643. The van der Waals surface area contributed by atoms with Gasteiger partial charge in [-0.1, -0.05) is 18.2 Å². The van der Waals surface area contributed by atoms with Crippen molar-refractivity contribution in [3.05, 3.63) is 89.5 Å². The number of carbonyl (C=O) groups excluding carboxylic acids is 1. The second kappa shape index (κ2) is 8.83. The molecule has 0 aliphatic heterocycles. The summed E-state index contributed by atoms with van der Waals surface area (Å²) < 4.78 is 39.1. The van der Waals surface area contributed by atoms with Crippen molar-refractivity contribution in [3.8, 4) is 0 Å². The van der Waals surface area contributed by atoms with Crippen LogP contribution in [0.3, 0.4) is 0 Å². The average Bonchev–Trinajstić information content (AvgIpc) is 2.70. The molecule has 0 unspecified atom stereocenters. The lowest BCUT2D eigenvalue weighted by molar-refractivity contribution is 0.251. The van der Waals surface area contributed by atoms with E-state index in [1.54, 1.807) is 31.5 Å². The molecule has 0 bridgehead atoms. The summed E-state index contributed by atoms with van der Waals surface area (Å²) in [5.74, 6) is -0.977. The average molecular weight is 413 g/mol. The van der Waals surface area contributed by atoms with Crippen molar-refractivity contribution in [2.75, 3.05) is 5.32 Å². The largest absolute Gasteiger partial charge is 0.334 e. The molecule has 0 saturated heterocycles. The fraction of sp³-hybridized carbons (Fsp3) is 0.143. The zero-order valence-corrected chi connectivity index (χ0v) is 16.5. The Bertz CT molecular complexity index is 1100. The summed E-state index contributed by atoms with van der Waals surface area (Å²) in [5, 5.41) is 5.32. The number of aryl methyl sites for hydroxylation is 1. The molecule has 0 aliphatic carbocycles. The molecule has 1 aromatic heterocycles. The van der Waals surface area contributed by atoms with Crippen LogP contribution in [-0.4, -0.2) is 19.4 Å². The number of hydrogen-bond donors (Lipinski definition) is 2. The fourth-order valence-electron chi connectivity index (χ4n) is 2.66. The van der Waals surface area contributed by atoms with Gasteiger partial charge in [0, 0.05) is 30.2 Å². The lowest BCUT2D eigenvalue weighted by Crippen LogP contribution is -2.28. The van der Waals surface area contributed by atoms with Crippen LogP contribution in [0.5, 0.6) is 0 Å². The van der Waals surface area contributed by atoms with Crippen molar-refractivity contribution in [2.45, 2.75) is 24.1 Å². The van der Waals surface area contributed by atoms with Crippen LogP contribution in [0.25, 0.3) is 0 Å². The van der Waals surface area contributed by atoms with E-state index < -0.39 is 27.4 Å². The number of halogens is 1. The Hall–Kier alpha value is -3.26. The Morgan fingerprint density at radius 2 is 1.86 bits per heavy atom. The Kier molecular flexibility index (Phi) is 6.23. The second-order valence-electron chi connectivity index (χ2n) is 6.55. The molecule has 0 aliphatic rings. The van der Waals surface area contributed by atoms with Gasteiger partial charge in [0.2, 0.25) is 0 Å². The molecule has 0 saturated carbocycles. The summed E-state index contributed by atoms with van der Waals surface area (Å²) in [4.78, 5) is 16.0. The number of hydrogen-bond acceptors (Lipinski definition) is 4. The number of urea groups is 1. The molecular weight excluding hydrogens is 393 g/mol. The summed E-state index contributed by atoms with van der Waals surface area (Å²) in [6.45, 7) is 2.05. The van der Waals surface area contributed by atoms with Gasteiger partial charge in [-0.2, -0.15) is 0 Å². The van der Waals surface area contributed by atoms with E-state index in [0.717, 1.165) is 11.1 Å². The number of nitrogens with zero attached hydrogens (tertiary/aromatic N) is 1. The summed E-state index contributed by atoms with van der Waals surface area (Å²) in [5.41, 5.74) is 2.13. The van der Waals surface area contributed by atoms with Crippen LogP contribution in [0.15, 0.2) is 71.9 Å². The first kappa shape index (κ1) is 20.5. The molecule has 150 valence electrons. The molecule has 0 fully saturated rings. The molecule has 0 radical (unpaired) electrons. The van der Waals surface area contributed by atoms with Crippen LogP contribution >= 0.6 is 0 Å². The minimum Gasteiger partial charge on any atom is -0.334 e. The summed E-state index contributed by atoms with van der Waals surface area (Å²) in [6.07, 6.45) is 3.29. The maximum atomic E-state index is 14.0. The first-order valence-corrected chi connectivity index (χ1v) is 10.5. The SMILES string of the molecule is Cc1ccc(CS(=O)(=O)c2ccc(NC(=O)NCc3cccnc3)cc2)c(F)c1. The van der Waals surface area contributed by atoms with Gasteiger partial charge in [0.05, 0.1) is 10.6 Å². The lowest BCUT2D eigenvalue weighted by Gasteiger charge is -2.09. The summed E-state index contributed by atoms with van der Waals surface area (Å²) in [6, 6.07) is 13.4. The molecule has 8 heteroatoms. The highest BCUT2D eigenvalue weighted by atomic mass is 32.2. The first-order chi connectivity index (χ1) is 13.8. The zero-order chi connectivity index (χ0) is 20.9. The minimum atomic E-state index is -3.72. The van der Waals surface area contributed by atoms with E-state index in [4.69, 9.17) is 0 Å². The lowest BCUT2D eigenvalue weighted by atomic mass is 10.2. The highest BCUT2D eigenvalue weighted by Crippen LogP contribution is 2.21. The van der Waals surface area contributed by atoms with Gasteiger partial charge >= 0.3 is 6.03 Å². The molecule has 6 nitrogen and oxygen atoms in total.